The third-order valence-corrected chi connectivity index (χ3v) is 5.58. The third kappa shape index (κ3) is 6.16. The van der Waals surface area contributed by atoms with E-state index in [1.54, 1.807) is 12.1 Å². The van der Waals surface area contributed by atoms with Crippen LogP contribution in [0.15, 0.2) is 60.7 Å². The molecule has 5 N–H and O–H groups in total. The van der Waals surface area contributed by atoms with Crippen LogP contribution in [0.4, 0.5) is 11.4 Å². The number of anilines is 2. The van der Waals surface area contributed by atoms with Crippen LogP contribution in [-0.2, 0) is 13.0 Å². The molecule has 7 nitrogen and oxygen atoms in total. The summed E-state index contributed by atoms with van der Waals surface area (Å²) < 4.78 is 11.4. The zero-order valence-electron chi connectivity index (χ0n) is 18.5. The molecule has 0 amide bonds. The summed E-state index contributed by atoms with van der Waals surface area (Å²) in [4.78, 5) is 0. The molecule has 0 spiro atoms. The summed E-state index contributed by atoms with van der Waals surface area (Å²) in [6.45, 7) is 2.18. The number of phenols is 1. The topological polar surface area (TPSA) is 103 Å². The molecule has 1 aliphatic heterocycles. The predicted molar refractivity (Wildman–Crippen MR) is 127 cm³/mol. The summed E-state index contributed by atoms with van der Waals surface area (Å²) in [6.07, 6.45) is 1.00. The van der Waals surface area contributed by atoms with Crippen molar-refractivity contribution in [2.24, 2.45) is 0 Å². The molecule has 0 radical (unpaired) electrons. The van der Waals surface area contributed by atoms with Crippen molar-refractivity contribution < 1.29 is 24.8 Å². The molecule has 0 aliphatic carbocycles. The van der Waals surface area contributed by atoms with Gasteiger partial charge in [-0.1, -0.05) is 18.2 Å². The first-order valence-corrected chi connectivity index (χ1v) is 11.2. The average molecular weight is 451 g/mol. The van der Waals surface area contributed by atoms with Gasteiger partial charge in [0.25, 0.3) is 0 Å². The van der Waals surface area contributed by atoms with Gasteiger partial charge < -0.3 is 35.4 Å². The van der Waals surface area contributed by atoms with E-state index in [0.29, 0.717) is 30.9 Å². The number of fused-ring (bicyclic) bond motifs is 1. The number of hydrogen-bond donors (Lipinski definition) is 5. The van der Waals surface area contributed by atoms with Crippen LogP contribution in [0.5, 0.6) is 17.2 Å². The number of benzene rings is 3. The van der Waals surface area contributed by atoms with Gasteiger partial charge in [-0.05, 0) is 60.5 Å². The van der Waals surface area contributed by atoms with E-state index in [2.05, 4.69) is 22.8 Å². The molecule has 33 heavy (non-hydrogen) atoms. The first-order valence-electron chi connectivity index (χ1n) is 11.2. The van der Waals surface area contributed by atoms with Crippen molar-refractivity contribution >= 4 is 11.4 Å². The number of rotatable bonds is 9. The summed E-state index contributed by atoms with van der Waals surface area (Å²) in [6, 6.07) is 18.9. The predicted octanol–water partition coefficient (Wildman–Crippen LogP) is 3.66. The Kier molecular flexibility index (Phi) is 7.67. The highest BCUT2D eigenvalue weighted by atomic mass is 16.5. The fraction of sp³-hybridized carbons (Fsp3) is 0.308. The lowest BCUT2D eigenvalue weighted by atomic mass is 10.1. The molecular formula is C26H30N2O5. The minimum atomic E-state index is -0.710. The third-order valence-electron chi connectivity index (χ3n) is 5.58. The Bertz CT molecular complexity index is 1060. The SMILES string of the molecule is OCc1cc(C(O)CNCCc2ccc(Nc3ccc4c(c3)OCCCO4)cc2)ccc1O. The van der Waals surface area contributed by atoms with E-state index in [1.165, 1.54) is 11.6 Å². The van der Waals surface area contributed by atoms with Gasteiger partial charge in [0.15, 0.2) is 11.5 Å². The lowest BCUT2D eigenvalue weighted by Crippen LogP contribution is -2.23. The Morgan fingerprint density at radius 3 is 2.42 bits per heavy atom. The molecule has 7 heteroatoms. The summed E-state index contributed by atoms with van der Waals surface area (Å²) in [5.74, 6) is 1.58. The van der Waals surface area contributed by atoms with Crippen molar-refractivity contribution in [3.8, 4) is 17.2 Å². The summed E-state index contributed by atoms with van der Waals surface area (Å²) >= 11 is 0. The van der Waals surface area contributed by atoms with Crippen LogP contribution in [0.2, 0.25) is 0 Å². The van der Waals surface area contributed by atoms with Gasteiger partial charge in [0.2, 0.25) is 0 Å². The number of nitrogens with one attached hydrogen (secondary N) is 2. The van der Waals surface area contributed by atoms with Gasteiger partial charge in [0, 0.05) is 36.0 Å². The second-order valence-corrected chi connectivity index (χ2v) is 8.05. The maximum absolute atomic E-state index is 10.3. The van der Waals surface area contributed by atoms with Gasteiger partial charge in [0.1, 0.15) is 5.75 Å². The number of aromatic hydroxyl groups is 1. The molecule has 174 valence electrons. The minimum Gasteiger partial charge on any atom is -0.508 e. The summed E-state index contributed by atoms with van der Waals surface area (Å²) in [7, 11) is 0. The Morgan fingerprint density at radius 1 is 0.879 bits per heavy atom. The monoisotopic (exact) mass is 450 g/mol. The Morgan fingerprint density at radius 2 is 1.64 bits per heavy atom. The summed E-state index contributed by atoms with van der Waals surface area (Å²) in [5, 5.41) is 35.9. The molecule has 4 rings (SSSR count). The second-order valence-electron chi connectivity index (χ2n) is 8.05. The molecule has 1 atom stereocenters. The van der Waals surface area contributed by atoms with Crippen LogP contribution in [-0.4, -0.2) is 41.6 Å². The number of ether oxygens (including phenoxy) is 2. The molecule has 3 aromatic rings. The fourth-order valence-corrected chi connectivity index (χ4v) is 3.69. The van der Waals surface area contributed by atoms with Gasteiger partial charge in [-0.3, -0.25) is 0 Å². The van der Waals surface area contributed by atoms with Gasteiger partial charge in [0.05, 0.1) is 25.9 Å². The number of aliphatic hydroxyl groups is 2. The largest absolute Gasteiger partial charge is 0.508 e. The summed E-state index contributed by atoms with van der Waals surface area (Å²) in [5.41, 5.74) is 4.19. The molecule has 0 bridgehead atoms. The van der Waals surface area contributed by atoms with Crippen LogP contribution in [0, 0.1) is 0 Å². The Hall–Kier alpha value is -3.26. The van der Waals surface area contributed by atoms with Crippen molar-refractivity contribution in [2.75, 3.05) is 31.6 Å². The second kappa shape index (κ2) is 11.0. The van der Waals surface area contributed by atoms with E-state index in [1.807, 2.05) is 30.3 Å². The lowest BCUT2D eigenvalue weighted by Gasteiger charge is -2.14. The van der Waals surface area contributed by atoms with Crippen molar-refractivity contribution in [1.29, 1.82) is 0 Å². The highest BCUT2D eigenvalue weighted by Gasteiger charge is 2.11. The fourth-order valence-electron chi connectivity index (χ4n) is 3.69. The molecule has 1 aliphatic rings. The normalized spacial score (nSPS) is 13.9. The van der Waals surface area contributed by atoms with E-state index >= 15 is 0 Å². The molecular weight excluding hydrogens is 420 g/mol. The smallest absolute Gasteiger partial charge is 0.163 e. The van der Waals surface area contributed by atoms with Crippen molar-refractivity contribution in [3.63, 3.8) is 0 Å². The Balaban J connectivity index is 1.24. The van der Waals surface area contributed by atoms with E-state index in [-0.39, 0.29) is 12.4 Å². The molecule has 3 aromatic carbocycles. The maximum atomic E-state index is 10.3. The molecule has 0 saturated heterocycles. The quantitative estimate of drug-likeness (QED) is 0.317. The van der Waals surface area contributed by atoms with E-state index < -0.39 is 6.10 Å². The maximum Gasteiger partial charge on any atom is 0.163 e. The van der Waals surface area contributed by atoms with Crippen molar-refractivity contribution in [1.82, 2.24) is 5.32 Å². The van der Waals surface area contributed by atoms with E-state index in [4.69, 9.17) is 9.47 Å². The standard InChI is InChI=1S/C26H30N2O5/c29-17-20-14-19(4-8-23(20)30)24(31)16-27-11-10-18-2-5-21(6-3-18)28-22-7-9-25-26(15-22)33-13-1-12-32-25/h2-9,14-15,24,27-31H,1,10-13,16-17H2. The first-order chi connectivity index (χ1) is 16.1. The van der Waals surface area contributed by atoms with E-state index in [9.17, 15) is 15.3 Å². The van der Waals surface area contributed by atoms with Crippen LogP contribution in [0.3, 0.4) is 0 Å². The molecule has 1 heterocycles. The highest BCUT2D eigenvalue weighted by molar-refractivity contribution is 5.63. The lowest BCUT2D eigenvalue weighted by molar-refractivity contribution is 0.174. The van der Waals surface area contributed by atoms with Crippen LogP contribution >= 0.6 is 0 Å². The highest BCUT2D eigenvalue weighted by Crippen LogP contribution is 2.33. The van der Waals surface area contributed by atoms with Gasteiger partial charge in [-0.2, -0.15) is 0 Å². The minimum absolute atomic E-state index is 0.0313. The van der Waals surface area contributed by atoms with Crippen LogP contribution < -0.4 is 20.1 Å². The van der Waals surface area contributed by atoms with Crippen LogP contribution in [0.25, 0.3) is 0 Å². The first kappa shape index (κ1) is 22.9. The van der Waals surface area contributed by atoms with Crippen LogP contribution in [0.1, 0.15) is 29.2 Å². The Labute approximate surface area is 193 Å². The van der Waals surface area contributed by atoms with Gasteiger partial charge in [-0.25, -0.2) is 0 Å². The molecule has 0 fully saturated rings. The average Bonchev–Trinajstić information content (AvgIpc) is 3.08. The van der Waals surface area contributed by atoms with Gasteiger partial charge >= 0.3 is 0 Å². The zero-order valence-corrected chi connectivity index (χ0v) is 18.5. The van der Waals surface area contributed by atoms with Gasteiger partial charge in [-0.15, -0.1) is 0 Å². The molecule has 0 aromatic heterocycles. The molecule has 0 saturated carbocycles. The number of hydrogen-bond acceptors (Lipinski definition) is 7. The molecule has 1 unspecified atom stereocenters. The number of aliphatic hydroxyl groups excluding tert-OH is 2. The van der Waals surface area contributed by atoms with E-state index in [0.717, 1.165) is 42.3 Å². The van der Waals surface area contributed by atoms with Crippen molar-refractivity contribution in [3.05, 3.63) is 77.4 Å². The van der Waals surface area contributed by atoms with Crippen molar-refractivity contribution in [2.45, 2.75) is 25.6 Å². The zero-order chi connectivity index (χ0) is 23.0.